The Morgan fingerprint density at radius 1 is 1.32 bits per heavy atom. The van der Waals surface area contributed by atoms with E-state index in [-0.39, 0.29) is 23.1 Å². The second-order valence-electron chi connectivity index (χ2n) is 9.72. The number of carbonyl (C=O) groups excluding carboxylic acids is 2. The summed E-state index contributed by atoms with van der Waals surface area (Å²) < 4.78 is 1.57. The molecule has 1 aliphatic rings. The Morgan fingerprint density at radius 2 is 2.06 bits per heavy atom. The van der Waals surface area contributed by atoms with Gasteiger partial charge in [0, 0.05) is 13.1 Å². The number of carbonyl (C=O) groups is 2. The Morgan fingerprint density at radius 3 is 2.71 bits per heavy atom. The predicted octanol–water partition coefficient (Wildman–Crippen LogP) is 1.59. The van der Waals surface area contributed by atoms with Gasteiger partial charge in [-0.05, 0) is 53.2 Å². The predicted molar refractivity (Wildman–Crippen MR) is 117 cm³/mol. The quantitative estimate of drug-likeness (QED) is 0.722. The molecule has 2 aromatic rings. The smallest absolute Gasteiger partial charge is 0.243 e. The van der Waals surface area contributed by atoms with E-state index in [9.17, 15) is 9.59 Å². The minimum atomic E-state index is -0.608. The summed E-state index contributed by atoms with van der Waals surface area (Å²) in [6, 6.07) is 4.77. The third-order valence-electron chi connectivity index (χ3n) is 5.69. The maximum absolute atomic E-state index is 13.1. The van der Waals surface area contributed by atoms with E-state index in [1.165, 1.54) is 6.33 Å². The SMILES string of the molecule is Cc1ccc(-n2cnnn2)c(CNC(=O)C2[C@H](C)CCN2C(=O)[C@H](N)CC(C)(C)C)c1. The number of tetrazole rings is 1. The zero-order valence-electron chi connectivity index (χ0n) is 19.0. The lowest BCUT2D eigenvalue weighted by atomic mass is 9.88. The Hall–Kier alpha value is -2.81. The second-order valence-corrected chi connectivity index (χ2v) is 9.72. The van der Waals surface area contributed by atoms with Crippen molar-refractivity contribution >= 4 is 11.8 Å². The number of hydrogen-bond acceptors (Lipinski definition) is 6. The summed E-state index contributed by atoms with van der Waals surface area (Å²) in [4.78, 5) is 27.8. The molecule has 9 nitrogen and oxygen atoms in total. The molecule has 168 valence electrons. The number of nitrogens with zero attached hydrogens (tertiary/aromatic N) is 5. The van der Waals surface area contributed by atoms with Crippen LogP contribution in [0.4, 0.5) is 0 Å². The van der Waals surface area contributed by atoms with Crippen LogP contribution in [0.2, 0.25) is 0 Å². The summed E-state index contributed by atoms with van der Waals surface area (Å²) in [6.07, 6.45) is 2.88. The van der Waals surface area contributed by atoms with Gasteiger partial charge in [-0.2, -0.15) is 0 Å². The summed E-state index contributed by atoms with van der Waals surface area (Å²) in [5.41, 5.74) is 8.91. The number of nitrogens with one attached hydrogen (secondary N) is 1. The molecular formula is C22H33N7O2. The maximum Gasteiger partial charge on any atom is 0.243 e. The number of aryl methyl sites for hydroxylation is 1. The highest BCUT2D eigenvalue weighted by molar-refractivity contribution is 5.90. The van der Waals surface area contributed by atoms with Crippen molar-refractivity contribution in [2.24, 2.45) is 17.1 Å². The zero-order chi connectivity index (χ0) is 22.8. The average Bonchev–Trinajstić information content (AvgIpc) is 3.34. The van der Waals surface area contributed by atoms with Crippen LogP contribution < -0.4 is 11.1 Å². The Balaban J connectivity index is 1.72. The van der Waals surface area contributed by atoms with Crippen molar-refractivity contribution < 1.29 is 9.59 Å². The van der Waals surface area contributed by atoms with Gasteiger partial charge in [0.15, 0.2) is 0 Å². The molecule has 3 atom stereocenters. The average molecular weight is 428 g/mol. The zero-order valence-corrected chi connectivity index (χ0v) is 19.0. The first-order chi connectivity index (χ1) is 14.6. The van der Waals surface area contributed by atoms with Crippen molar-refractivity contribution in [3.05, 3.63) is 35.7 Å². The lowest BCUT2D eigenvalue weighted by molar-refractivity contribution is -0.140. The highest BCUT2D eigenvalue weighted by Crippen LogP contribution is 2.27. The minimum absolute atomic E-state index is 0.0596. The Labute approximate surface area is 183 Å². The minimum Gasteiger partial charge on any atom is -0.350 e. The van der Waals surface area contributed by atoms with Crippen molar-refractivity contribution in [1.29, 1.82) is 0 Å². The molecule has 1 fully saturated rings. The van der Waals surface area contributed by atoms with E-state index < -0.39 is 12.1 Å². The lowest BCUT2D eigenvalue weighted by Crippen LogP contribution is -2.53. The van der Waals surface area contributed by atoms with E-state index in [0.29, 0.717) is 19.5 Å². The maximum atomic E-state index is 13.1. The van der Waals surface area contributed by atoms with Gasteiger partial charge in [-0.1, -0.05) is 45.4 Å². The fourth-order valence-corrected chi connectivity index (χ4v) is 4.19. The van der Waals surface area contributed by atoms with Gasteiger partial charge in [0.1, 0.15) is 12.4 Å². The van der Waals surface area contributed by atoms with E-state index in [1.807, 2.05) is 32.0 Å². The molecule has 1 unspecified atom stereocenters. The molecule has 9 heteroatoms. The van der Waals surface area contributed by atoms with Gasteiger partial charge in [0.05, 0.1) is 11.7 Å². The van der Waals surface area contributed by atoms with E-state index >= 15 is 0 Å². The van der Waals surface area contributed by atoms with Crippen LogP contribution in [0.5, 0.6) is 0 Å². The van der Waals surface area contributed by atoms with Crippen molar-refractivity contribution in [2.45, 2.75) is 66.1 Å². The fourth-order valence-electron chi connectivity index (χ4n) is 4.19. The molecule has 3 rings (SSSR count). The number of rotatable bonds is 6. The van der Waals surface area contributed by atoms with Gasteiger partial charge in [-0.15, -0.1) is 5.10 Å². The van der Waals surface area contributed by atoms with E-state index in [1.54, 1.807) is 9.58 Å². The van der Waals surface area contributed by atoms with Crippen molar-refractivity contribution in [3.8, 4) is 5.69 Å². The molecule has 1 aliphatic heterocycles. The molecular weight excluding hydrogens is 394 g/mol. The number of aromatic nitrogens is 4. The van der Waals surface area contributed by atoms with Crippen LogP contribution in [0.3, 0.4) is 0 Å². The van der Waals surface area contributed by atoms with Crippen LogP contribution in [0, 0.1) is 18.3 Å². The molecule has 2 amide bonds. The standard InChI is InChI=1S/C22H33N7O2/c1-14-6-7-18(29-13-25-26-27-29)16(10-14)12-24-20(30)19-15(2)8-9-28(19)21(31)17(23)11-22(3,4)5/h6-7,10,13,15,17,19H,8-9,11-12,23H2,1-5H3,(H,24,30)/t15-,17-,19?/m1/s1. The largest absolute Gasteiger partial charge is 0.350 e. The summed E-state index contributed by atoms with van der Waals surface area (Å²) >= 11 is 0. The van der Waals surface area contributed by atoms with Crippen LogP contribution in [0.15, 0.2) is 24.5 Å². The molecule has 3 N–H and O–H groups in total. The van der Waals surface area contributed by atoms with Gasteiger partial charge < -0.3 is 16.0 Å². The third-order valence-corrected chi connectivity index (χ3v) is 5.69. The van der Waals surface area contributed by atoms with Gasteiger partial charge >= 0.3 is 0 Å². The molecule has 1 aromatic heterocycles. The van der Waals surface area contributed by atoms with Gasteiger partial charge in [-0.25, -0.2) is 4.68 Å². The summed E-state index contributed by atoms with van der Waals surface area (Å²) in [5, 5.41) is 14.4. The molecule has 0 bridgehead atoms. The Bertz CT molecular complexity index is 920. The van der Waals surface area contributed by atoms with Crippen molar-refractivity contribution in [1.82, 2.24) is 30.4 Å². The number of hydrogen-bond donors (Lipinski definition) is 2. The van der Waals surface area contributed by atoms with Crippen LogP contribution >= 0.6 is 0 Å². The summed E-state index contributed by atoms with van der Waals surface area (Å²) in [6.45, 7) is 11.0. The molecule has 2 heterocycles. The van der Waals surface area contributed by atoms with Gasteiger partial charge in [-0.3, -0.25) is 9.59 Å². The summed E-state index contributed by atoms with van der Waals surface area (Å²) in [7, 11) is 0. The first kappa shape index (κ1) is 22.9. The van der Waals surface area contributed by atoms with Crippen LogP contribution in [-0.2, 0) is 16.1 Å². The van der Waals surface area contributed by atoms with Crippen LogP contribution in [-0.4, -0.2) is 55.5 Å². The summed E-state index contributed by atoms with van der Waals surface area (Å²) in [5.74, 6) is -0.239. The van der Waals surface area contributed by atoms with E-state index in [4.69, 9.17) is 5.73 Å². The highest BCUT2D eigenvalue weighted by Gasteiger charge is 2.41. The second kappa shape index (κ2) is 9.13. The molecule has 1 aromatic carbocycles. The van der Waals surface area contributed by atoms with E-state index in [2.05, 4.69) is 41.6 Å². The molecule has 0 saturated carbocycles. The van der Waals surface area contributed by atoms with Crippen LogP contribution in [0.1, 0.15) is 51.7 Å². The topological polar surface area (TPSA) is 119 Å². The van der Waals surface area contributed by atoms with Gasteiger partial charge in [0.25, 0.3) is 0 Å². The number of benzene rings is 1. The van der Waals surface area contributed by atoms with E-state index in [0.717, 1.165) is 23.2 Å². The van der Waals surface area contributed by atoms with Gasteiger partial charge in [0.2, 0.25) is 11.8 Å². The third kappa shape index (κ3) is 5.46. The van der Waals surface area contributed by atoms with Crippen molar-refractivity contribution in [2.75, 3.05) is 6.54 Å². The number of amides is 2. The molecule has 31 heavy (non-hydrogen) atoms. The van der Waals surface area contributed by atoms with Crippen molar-refractivity contribution in [3.63, 3.8) is 0 Å². The molecule has 1 saturated heterocycles. The first-order valence-corrected chi connectivity index (χ1v) is 10.7. The Kier molecular flexibility index (Phi) is 6.74. The molecule has 0 spiro atoms. The molecule has 0 radical (unpaired) electrons. The fraction of sp³-hybridized carbons (Fsp3) is 0.591. The normalized spacial score (nSPS) is 20.0. The van der Waals surface area contributed by atoms with Crippen LogP contribution in [0.25, 0.3) is 5.69 Å². The first-order valence-electron chi connectivity index (χ1n) is 10.7. The number of nitrogens with two attached hydrogens (primary N) is 1. The monoisotopic (exact) mass is 427 g/mol. The highest BCUT2D eigenvalue weighted by atomic mass is 16.2. The molecule has 0 aliphatic carbocycles. The number of likely N-dealkylation sites (tertiary alicyclic amines) is 1. The lowest BCUT2D eigenvalue weighted by Gasteiger charge is -2.30.